The molecule has 2 saturated heterocycles. The summed E-state index contributed by atoms with van der Waals surface area (Å²) in [4.78, 5) is 15.3. The lowest BCUT2D eigenvalue weighted by molar-refractivity contribution is -0.148. The van der Waals surface area contributed by atoms with Gasteiger partial charge in [-0.3, -0.25) is 4.79 Å². The second-order valence-electron chi connectivity index (χ2n) is 8.38. The number of nitrogens with zero attached hydrogens (tertiary/aromatic N) is 1. The van der Waals surface area contributed by atoms with E-state index < -0.39 is 0 Å². The Kier molecular flexibility index (Phi) is 2.54. The fraction of sp³-hybridized carbons (Fsp3) is 0.941. The Morgan fingerprint density at radius 1 is 0.800 bits per heavy atom. The van der Waals surface area contributed by atoms with Gasteiger partial charge in [-0.25, -0.2) is 0 Å². The molecule has 6 rings (SSSR count). The molecule has 0 aromatic carbocycles. The molecule has 4 bridgehead atoms. The first-order valence-corrected chi connectivity index (χ1v) is 8.77. The van der Waals surface area contributed by atoms with Gasteiger partial charge in [-0.05, 0) is 67.6 Å². The van der Waals surface area contributed by atoms with Crippen LogP contribution in [0.1, 0.15) is 32.1 Å². The minimum Gasteiger partial charge on any atom is -0.342 e. The summed E-state index contributed by atoms with van der Waals surface area (Å²) in [5.74, 6) is 5.90. The minimum absolute atomic E-state index is 0.412. The Balaban J connectivity index is 1.34. The SMILES string of the molecule is O=C(C1C2CC3CC(C2)CC1C3)N1C[C@H]2CNC[C@H]2C1. The lowest BCUT2D eigenvalue weighted by Gasteiger charge is -2.54. The third-order valence-corrected chi connectivity index (χ3v) is 7.21. The summed E-state index contributed by atoms with van der Waals surface area (Å²) in [5, 5.41) is 3.48. The lowest BCUT2D eigenvalue weighted by atomic mass is 9.51. The molecule has 4 saturated carbocycles. The molecule has 110 valence electrons. The van der Waals surface area contributed by atoms with E-state index >= 15 is 0 Å². The fourth-order valence-electron chi connectivity index (χ4n) is 6.57. The average molecular weight is 274 g/mol. The van der Waals surface area contributed by atoms with Gasteiger partial charge in [0.15, 0.2) is 0 Å². The van der Waals surface area contributed by atoms with Crippen molar-refractivity contribution in [2.75, 3.05) is 26.2 Å². The molecule has 3 heteroatoms. The van der Waals surface area contributed by atoms with Crippen LogP contribution in [0.2, 0.25) is 0 Å². The van der Waals surface area contributed by atoms with E-state index in [1.807, 2.05) is 0 Å². The van der Waals surface area contributed by atoms with E-state index in [-0.39, 0.29) is 0 Å². The third kappa shape index (κ3) is 1.65. The number of hydrogen-bond acceptors (Lipinski definition) is 2. The molecule has 20 heavy (non-hydrogen) atoms. The average Bonchev–Trinajstić information content (AvgIpc) is 2.97. The summed E-state index contributed by atoms with van der Waals surface area (Å²) in [7, 11) is 0. The molecule has 2 atom stereocenters. The molecule has 6 fully saturated rings. The van der Waals surface area contributed by atoms with Gasteiger partial charge in [0.05, 0.1) is 0 Å². The molecule has 2 heterocycles. The highest BCUT2D eigenvalue weighted by molar-refractivity contribution is 5.80. The zero-order chi connectivity index (χ0) is 13.3. The maximum atomic E-state index is 13.1. The number of amides is 1. The third-order valence-electron chi connectivity index (χ3n) is 7.21. The van der Waals surface area contributed by atoms with E-state index in [4.69, 9.17) is 0 Å². The van der Waals surface area contributed by atoms with Gasteiger partial charge in [0, 0.05) is 32.1 Å². The number of rotatable bonds is 1. The molecule has 6 aliphatic rings. The van der Waals surface area contributed by atoms with Gasteiger partial charge in [0.1, 0.15) is 0 Å². The number of hydrogen-bond donors (Lipinski definition) is 1. The van der Waals surface area contributed by atoms with Crippen molar-refractivity contribution in [3.05, 3.63) is 0 Å². The summed E-state index contributed by atoms with van der Waals surface area (Å²) in [5.41, 5.74) is 0. The Bertz CT molecular complexity index is 395. The highest BCUT2D eigenvalue weighted by Gasteiger charge is 2.52. The van der Waals surface area contributed by atoms with Crippen LogP contribution >= 0.6 is 0 Å². The molecule has 3 nitrogen and oxygen atoms in total. The zero-order valence-electron chi connectivity index (χ0n) is 12.3. The maximum absolute atomic E-state index is 13.1. The van der Waals surface area contributed by atoms with Crippen molar-refractivity contribution < 1.29 is 4.79 Å². The number of carbonyl (C=O) groups is 1. The van der Waals surface area contributed by atoms with E-state index in [9.17, 15) is 4.79 Å². The van der Waals surface area contributed by atoms with Crippen molar-refractivity contribution in [2.45, 2.75) is 32.1 Å². The van der Waals surface area contributed by atoms with E-state index in [0.717, 1.165) is 61.7 Å². The summed E-state index contributed by atoms with van der Waals surface area (Å²) in [6.45, 7) is 4.35. The highest BCUT2D eigenvalue weighted by Crippen LogP contribution is 2.57. The lowest BCUT2D eigenvalue weighted by Crippen LogP contribution is -2.51. The molecule has 0 aromatic heterocycles. The summed E-state index contributed by atoms with van der Waals surface area (Å²) < 4.78 is 0. The molecule has 0 unspecified atom stereocenters. The van der Waals surface area contributed by atoms with E-state index in [0.29, 0.717) is 11.8 Å². The van der Waals surface area contributed by atoms with Gasteiger partial charge in [-0.2, -0.15) is 0 Å². The predicted octanol–water partition coefficient (Wildman–Crippen LogP) is 1.74. The van der Waals surface area contributed by atoms with Crippen LogP contribution in [-0.4, -0.2) is 37.0 Å². The summed E-state index contributed by atoms with van der Waals surface area (Å²) in [6.07, 6.45) is 6.95. The van der Waals surface area contributed by atoms with Crippen LogP contribution in [0.25, 0.3) is 0 Å². The standard InChI is InChI=1S/C17H26N2O/c20-17(19-8-14-6-18-7-15(14)9-19)16-12-2-10-1-11(4-12)5-13(16)3-10/h10-16,18H,1-9H2/t10?,11?,12?,13?,14-,15+,16?. The summed E-state index contributed by atoms with van der Waals surface area (Å²) >= 11 is 0. The van der Waals surface area contributed by atoms with Crippen LogP contribution in [0.5, 0.6) is 0 Å². The van der Waals surface area contributed by atoms with Crippen molar-refractivity contribution in [3.63, 3.8) is 0 Å². The van der Waals surface area contributed by atoms with E-state index in [2.05, 4.69) is 10.2 Å². The Morgan fingerprint density at radius 2 is 1.35 bits per heavy atom. The largest absolute Gasteiger partial charge is 0.342 e. The van der Waals surface area contributed by atoms with Gasteiger partial charge in [-0.1, -0.05) is 0 Å². The molecule has 2 aliphatic heterocycles. The maximum Gasteiger partial charge on any atom is 0.226 e. The van der Waals surface area contributed by atoms with Gasteiger partial charge >= 0.3 is 0 Å². The zero-order valence-corrected chi connectivity index (χ0v) is 12.3. The summed E-state index contributed by atoms with van der Waals surface area (Å²) in [6, 6.07) is 0. The van der Waals surface area contributed by atoms with Crippen molar-refractivity contribution in [3.8, 4) is 0 Å². The van der Waals surface area contributed by atoms with Crippen molar-refractivity contribution in [2.24, 2.45) is 41.4 Å². The highest BCUT2D eigenvalue weighted by atomic mass is 16.2. The predicted molar refractivity (Wildman–Crippen MR) is 77.0 cm³/mol. The molecule has 1 amide bonds. The number of fused-ring (bicyclic) bond motifs is 1. The molecular formula is C17H26N2O. The van der Waals surface area contributed by atoms with Gasteiger partial charge in [-0.15, -0.1) is 0 Å². The minimum atomic E-state index is 0.412. The van der Waals surface area contributed by atoms with Crippen LogP contribution in [0.15, 0.2) is 0 Å². The fourth-order valence-corrected chi connectivity index (χ4v) is 6.57. The molecule has 0 spiro atoms. The van der Waals surface area contributed by atoms with Crippen LogP contribution < -0.4 is 5.32 Å². The monoisotopic (exact) mass is 274 g/mol. The number of carbonyl (C=O) groups excluding carboxylic acids is 1. The molecule has 0 radical (unpaired) electrons. The normalized spacial score (nSPS) is 52.6. The molecule has 1 N–H and O–H groups in total. The van der Waals surface area contributed by atoms with Crippen molar-refractivity contribution >= 4 is 5.91 Å². The second-order valence-corrected chi connectivity index (χ2v) is 8.38. The molecule has 0 aromatic rings. The van der Waals surface area contributed by atoms with Crippen LogP contribution in [-0.2, 0) is 4.79 Å². The Morgan fingerprint density at radius 3 is 1.90 bits per heavy atom. The van der Waals surface area contributed by atoms with Crippen molar-refractivity contribution in [1.29, 1.82) is 0 Å². The Hall–Kier alpha value is -0.570. The number of likely N-dealkylation sites (tertiary alicyclic amines) is 1. The van der Waals surface area contributed by atoms with Crippen molar-refractivity contribution in [1.82, 2.24) is 10.2 Å². The Labute approximate surface area is 121 Å². The first kappa shape index (κ1) is 12.0. The smallest absolute Gasteiger partial charge is 0.226 e. The first-order valence-electron chi connectivity index (χ1n) is 8.77. The first-order chi connectivity index (χ1) is 9.78. The number of nitrogens with one attached hydrogen (secondary N) is 1. The van der Waals surface area contributed by atoms with E-state index in [1.165, 1.54) is 32.1 Å². The molecule has 4 aliphatic carbocycles. The quantitative estimate of drug-likeness (QED) is 0.790. The van der Waals surface area contributed by atoms with Gasteiger partial charge in [0.2, 0.25) is 5.91 Å². The van der Waals surface area contributed by atoms with Gasteiger partial charge < -0.3 is 10.2 Å². The van der Waals surface area contributed by atoms with Crippen LogP contribution in [0.3, 0.4) is 0 Å². The topological polar surface area (TPSA) is 32.3 Å². The second kappa shape index (κ2) is 4.22. The van der Waals surface area contributed by atoms with Gasteiger partial charge in [0.25, 0.3) is 0 Å². The van der Waals surface area contributed by atoms with E-state index in [1.54, 1.807) is 0 Å². The molecular weight excluding hydrogens is 248 g/mol. The van der Waals surface area contributed by atoms with Crippen LogP contribution in [0.4, 0.5) is 0 Å². The van der Waals surface area contributed by atoms with Crippen LogP contribution in [0, 0.1) is 41.4 Å².